The van der Waals surface area contributed by atoms with Gasteiger partial charge in [0.1, 0.15) is 24.4 Å². The molecular formula is C12H23NO6. The van der Waals surface area contributed by atoms with Crippen molar-refractivity contribution in [2.45, 2.75) is 63.9 Å². The van der Waals surface area contributed by atoms with Crippen LogP contribution in [0, 0.1) is 0 Å². The lowest BCUT2D eigenvalue weighted by molar-refractivity contribution is -0.280. The minimum absolute atomic E-state index is 0.136. The monoisotopic (exact) mass is 277 g/mol. The molecule has 1 rings (SSSR count). The lowest BCUT2D eigenvalue weighted by Crippen LogP contribution is -2.64. The van der Waals surface area contributed by atoms with Gasteiger partial charge in [-0.3, -0.25) is 4.79 Å². The summed E-state index contributed by atoms with van der Waals surface area (Å²) < 4.78 is 11.0. The summed E-state index contributed by atoms with van der Waals surface area (Å²) in [5.41, 5.74) is 0. The van der Waals surface area contributed by atoms with Crippen LogP contribution in [0.5, 0.6) is 0 Å². The first-order valence-corrected chi connectivity index (χ1v) is 6.45. The molecule has 7 nitrogen and oxygen atoms in total. The summed E-state index contributed by atoms with van der Waals surface area (Å²) in [5, 5.41) is 31.4. The SMILES string of the molecule is CC[C@H](C)O[C@@H]1O[C@H](CO)[C@H](O)[C@@H](O)[C@H]1NC(C)=O. The molecule has 0 aromatic heterocycles. The van der Waals surface area contributed by atoms with E-state index in [4.69, 9.17) is 14.6 Å². The lowest BCUT2D eigenvalue weighted by atomic mass is 9.97. The summed E-state index contributed by atoms with van der Waals surface area (Å²) in [6, 6.07) is -0.871. The van der Waals surface area contributed by atoms with Crippen LogP contribution >= 0.6 is 0 Å². The van der Waals surface area contributed by atoms with Crippen LogP contribution in [-0.4, -0.2) is 64.6 Å². The van der Waals surface area contributed by atoms with Gasteiger partial charge >= 0.3 is 0 Å². The largest absolute Gasteiger partial charge is 0.394 e. The average Bonchev–Trinajstić information content (AvgIpc) is 2.37. The first-order chi connectivity index (χ1) is 8.90. The van der Waals surface area contributed by atoms with Crippen LogP contribution in [0.15, 0.2) is 0 Å². The van der Waals surface area contributed by atoms with Crippen molar-refractivity contribution in [1.82, 2.24) is 5.32 Å². The molecule has 112 valence electrons. The molecule has 19 heavy (non-hydrogen) atoms. The highest BCUT2D eigenvalue weighted by Crippen LogP contribution is 2.23. The lowest BCUT2D eigenvalue weighted by Gasteiger charge is -2.42. The number of aliphatic hydroxyl groups is 3. The fraction of sp³-hybridized carbons (Fsp3) is 0.917. The maximum absolute atomic E-state index is 11.2. The number of hydrogen-bond donors (Lipinski definition) is 4. The molecule has 7 heteroatoms. The standard InChI is InChI=1S/C12H23NO6/c1-4-6(2)18-12-9(13-7(3)15)11(17)10(16)8(5-14)19-12/h6,8-12,14,16-17H,4-5H2,1-3H3,(H,13,15)/t6-,8+,9+,10-,11-,12+/m0/s1. The zero-order valence-corrected chi connectivity index (χ0v) is 11.4. The van der Waals surface area contributed by atoms with Gasteiger partial charge in [0.15, 0.2) is 6.29 Å². The van der Waals surface area contributed by atoms with Gasteiger partial charge in [-0.05, 0) is 13.3 Å². The molecule has 0 bridgehead atoms. The molecule has 6 atom stereocenters. The minimum Gasteiger partial charge on any atom is -0.394 e. The van der Waals surface area contributed by atoms with Crippen LogP contribution in [0.2, 0.25) is 0 Å². The molecule has 0 unspecified atom stereocenters. The molecule has 1 heterocycles. The number of rotatable bonds is 5. The molecule has 0 radical (unpaired) electrons. The Balaban J connectivity index is 2.83. The third kappa shape index (κ3) is 4.12. The van der Waals surface area contributed by atoms with Gasteiger partial charge in [0.2, 0.25) is 5.91 Å². The molecule has 0 saturated carbocycles. The second-order valence-corrected chi connectivity index (χ2v) is 4.79. The number of amides is 1. The van der Waals surface area contributed by atoms with Crippen molar-refractivity contribution in [3.05, 3.63) is 0 Å². The number of carbonyl (C=O) groups excluding carboxylic acids is 1. The van der Waals surface area contributed by atoms with Crippen molar-refractivity contribution in [2.75, 3.05) is 6.61 Å². The second kappa shape index (κ2) is 7.16. The highest BCUT2D eigenvalue weighted by molar-refractivity contribution is 5.73. The fourth-order valence-corrected chi connectivity index (χ4v) is 1.91. The minimum atomic E-state index is -1.28. The van der Waals surface area contributed by atoms with Crippen molar-refractivity contribution in [1.29, 1.82) is 0 Å². The van der Waals surface area contributed by atoms with Crippen LogP contribution in [0.4, 0.5) is 0 Å². The van der Waals surface area contributed by atoms with Crippen LogP contribution < -0.4 is 5.32 Å². The van der Waals surface area contributed by atoms with E-state index in [-0.39, 0.29) is 12.0 Å². The van der Waals surface area contributed by atoms with Gasteiger partial charge in [0.25, 0.3) is 0 Å². The summed E-state index contributed by atoms with van der Waals surface area (Å²) in [5.74, 6) is -0.361. The predicted molar refractivity (Wildman–Crippen MR) is 66.2 cm³/mol. The average molecular weight is 277 g/mol. The van der Waals surface area contributed by atoms with E-state index in [9.17, 15) is 15.0 Å². The van der Waals surface area contributed by atoms with Gasteiger partial charge in [-0.1, -0.05) is 6.92 Å². The number of hydrogen-bond acceptors (Lipinski definition) is 6. The van der Waals surface area contributed by atoms with Gasteiger partial charge < -0.3 is 30.1 Å². The van der Waals surface area contributed by atoms with Gasteiger partial charge in [-0.2, -0.15) is 0 Å². The Hall–Kier alpha value is -0.730. The van der Waals surface area contributed by atoms with Crippen molar-refractivity contribution in [2.24, 2.45) is 0 Å². The zero-order chi connectivity index (χ0) is 14.6. The quantitative estimate of drug-likeness (QED) is 0.500. The van der Waals surface area contributed by atoms with E-state index in [1.807, 2.05) is 13.8 Å². The fourth-order valence-electron chi connectivity index (χ4n) is 1.91. The smallest absolute Gasteiger partial charge is 0.217 e. The molecule has 1 aliphatic rings. The third-order valence-corrected chi connectivity index (χ3v) is 3.19. The van der Waals surface area contributed by atoms with Crippen LogP contribution in [0.3, 0.4) is 0 Å². The van der Waals surface area contributed by atoms with Crippen molar-refractivity contribution in [3.63, 3.8) is 0 Å². The van der Waals surface area contributed by atoms with E-state index < -0.39 is 37.3 Å². The highest BCUT2D eigenvalue weighted by atomic mass is 16.7. The van der Waals surface area contributed by atoms with E-state index >= 15 is 0 Å². The summed E-state index contributed by atoms with van der Waals surface area (Å²) in [4.78, 5) is 11.2. The molecule has 1 fully saturated rings. The first-order valence-electron chi connectivity index (χ1n) is 6.45. The maximum Gasteiger partial charge on any atom is 0.217 e. The Labute approximate surface area is 112 Å². The molecule has 0 aliphatic carbocycles. The van der Waals surface area contributed by atoms with Crippen LogP contribution in [-0.2, 0) is 14.3 Å². The normalized spacial score (nSPS) is 36.8. The Kier molecular flexibility index (Phi) is 6.15. The van der Waals surface area contributed by atoms with E-state index in [0.29, 0.717) is 0 Å². The Morgan fingerprint density at radius 3 is 2.53 bits per heavy atom. The van der Waals surface area contributed by atoms with Gasteiger partial charge in [0.05, 0.1) is 12.7 Å². The molecule has 1 aliphatic heterocycles. The third-order valence-electron chi connectivity index (χ3n) is 3.19. The topological polar surface area (TPSA) is 108 Å². The van der Waals surface area contributed by atoms with E-state index in [1.165, 1.54) is 6.92 Å². The number of nitrogens with one attached hydrogen (secondary N) is 1. The van der Waals surface area contributed by atoms with Crippen molar-refractivity contribution >= 4 is 5.91 Å². The number of ether oxygens (including phenoxy) is 2. The Morgan fingerprint density at radius 1 is 1.42 bits per heavy atom. The summed E-state index contributed by atoms with van der Waals surface area (Å²) >= 11 is 0. The van der Waals surface area contributed by atoms with Crippen LogP contribution in [0.1, 0.15) is 27.2 Å². The zero-order valence-electron chi connectivity index (χ0n) is 11.4. The summed E-state index contributed by atoms with van der Waals surface area (Å²) in [7, 11) is 0. The number of carbonyl (C=O) groups is 1. The molecular weight excluding hydrogens is 254 g/mol. The molecule has 1 saturated heterocycles. The molecule has 0 aromatic carbocycles. The Bertz CT molecular complexity index is 300. The molecule has 1 amide bonds. The molecule has 4 N–H and O–H groups in total. The second-order valence-electron chi connectivity index (χ2n) is 4.79. The number of aliphatic hydroxyl groups excluding tert-OH is 3. The van der Waals surface area contributed by atoms with E-state index in [2.05, 4.69) is 5.32 Å². The predicted octanol–water partition coefficient (Wildman–Crippen LogP) is -1.25. The van der Waals surface area contributed by atoms with Crippen molar-refractivity contribution in [3.8, 4) is 0 Å². The Morgan fingerprint density at radius 2 is 2.05 bits per heavy atom. The van der Waals surface area contributed by atoms with E-state index in [0.717, 1.165) is 6.42 Å². The van der Waals surface area contributed by atoms with Crippen molar-refractivity contribution < 1.29 is 29.6 Å². The molecule has 0 spiro atoms. The van der Waals surface area contributed by atoms with Gasteiger partial charge in [-0.25, -0.2) is 0 Å². The van der Waals surface area contributed by atoms with Gasteiger partial charge in [0, 0.05) is 6.92 Å². The summed E-state index contributed by atoms with van der Waals surface area (Å²) in [6.07, 6.45) is -3.79. The highest BCUT2D eigenvalue weighted by Gasteiger charge is 2.45. The van der Waals surface area contributed by atoms with Gasteiger partial charge in [-0.15, -0.1) is 0 Å². The maximum atomic E-state index is 11.2. The first kappa shape index (κ1) is 16.3. The van der Waals surface area contributed by atoms with E-state index in [1.54, 1.807) is 0 Å². The van der Waals surface area contributed by atoms with Crippen LogP contribution in [0.25, 0.3) is 0 Å². The summed E-state index contributed by atoms with van der Waals surface area (Å²) in [6.45, 7) is 4.62. The molecule has 0 aromatic rings.